The zero-order chi connectivity index (χ0) is 13.9. The Labute approximate surface area is 117 Å². The van der Waals surface area contributed by atoms with E-state index in [1.54, 1.807) is 12.1 Å². The van der Waals surface area contributed by atoms with E-state index < -0.39 is 5.41 Å². The minimum absolute atomic E-state index is 0.0756. The number of hydrogen-bond donors (Lipinski definition) is 2. The first kappa shape index (κ1) is 13.9. The van der Waals surface area contributed by atoms with E-state index in [-0.39, 0.29) is 16.7 Å². The van der Waals surface area contributed by atoms with E-state index >= 15 is 0 Å². The normalized spacial score (nSPS) is 16.5. The van der Waals surface area contributed by atoms with Gasteiger partial charge in [0.1, 0.15) is 5.82 Å². The second-order valence-electron chi connectivity index (χ2n) is 4.93. The Morgan fingerprint density at radius 3 is 2.47 bits per heavy atom. The van der Waals surface area contributed by atoms with Crippen LogP contribution in [-0.4, -0.2) is 17.4 Å². The SMILES string of the molecule is NC(=S)C1(C(=O)NCCc2ccc(F)cc2)CCC1. The fourth-order valence-electron chi connectivity index (χ4n) is 2.26. The molecule has 5 heteroatoms. The lowest BCUT2D eigenvalue weighted by atomic mass is 9.68. The van der Waals surface area contributed by atoms with Gasteiger partial charge in [0.2, 0.25) is 5.91 Å². The summed E-state index contributed by atoms with van der Waals surface area (Å²) in [5.74, 6) is -0.331. The van der Waals surface area contributed by atoms with E-state index in [2.05, 4.69) is 5.32 Å². The Bertz CT molecular complexity index is 483. The quantitative estimate of drug-likeness (QED) is 0.810. The number of nitrogens with two attached hydrogens (primary N) is 1. The molecule has 3 nitrogen and oxygen atoms in total. The third-order valence-corrected chi connectivity index (χ3v) is 4.12. The monoisotopic (exact) mass is 280 g/mol. The third-order valence-electron chi connectivity index (χ3n) is 3.73. The average molecular weight is 280 g/mol. The highest BCUT2D eigenvalue weighted by Gasteiger charge is 2.46. The van der Waals surface area contributed by atoms with E-state index in [1.165, 1.54) is 12.1 Å². The predicted molar refractivity (Wildman–Crippen MR) is 76.2 cm³/mol. The van der Waals surface area contributed by atoms with E-state index in [9.17, 15) is 9.18 Å². The Kier molecular flexibility index (Phi) is 4.14. The summed E-state index contributed by atoms with van der Waals surface area (Å²) in [7, 11) is 0. The van der Waals surface area contributed by atoms with Gasteiger partial charge in [0.05, 0.1) is 10.4 Å². The molecular formula is C14H17FN2OS. The van der Waals surface area contributed by atoms with Crippen LogP contribution in [0.3, 0.4) is 0 Å². The molecule has 2 rings (SSSR count). The van der Waals surface area contributed by atoms with E-state index in [0.717, 1.165) is 24.8 Å². The average Bonchev–Trinajstić information content (AvgIpc) is 2.29. The van der Waals surface area contributed by atoms with Gasteiger partial charge in [-0.05, 0) is 37.0 Å². The van der Waals surface area contributed by atoms with Crippen molar-refractivity contribution in [1.82, 2.24) is 5.32 Å². The number of carbonyl (C=O) groups is 1. The molecule has 1 aliphatic rings. The lowest BCUT2D eigenvalue weighted by Crippen LogP contribution is -2.53. The highest BCUT2D eigenvalue weighted by atomic mass is 32.1. The fourth-order valence-corrected chi connectivity index (χ4v) is 2.55. The molecule has 0 aliphatic heterocycles. The molecule has 0 saturated heterocycles. The Morgan fingerprint density at radius 1 is 1.37 bits per heavy atom. The number of carbonyl (C=O) groups excluding carboxylic acids is 1. The molecule has 0 spiro atoms. The van der Waals surface area contributed by atoms with Crippen LogP contribution in [0.25, 0.3) is 0 Å². The molecule has 1 aliphatic carbocycles. The van der Waals surface area contributed by atoms with Crippen molar-refractivity contribution in [2.24, 2.45) is 11.1 Å². The smallest absolute Gasteiger partial charge is 0.233 e. The second kappa shape index (κ2) is 5.65. The number of benzene rings is 1. The number of nitrogens with one attached hydrogen (secondary N) is 1. The van der Waals surface area contributed by atoms with Crippen LogP contribution < -0.4 is 11.1 Å². The van der Waals surface area contributed by atoms with Crippen molar-refractivity contribution in [3.8, 4) is 0 Å². The zero-order valence-corrected chi connectivity index (χ0v) is 11.4. The van der Waals surface area contributed by atoms with Gasteiger partial charge in [-0.1, -0.05) is 30.8 Å². The molecule has 1 aromatic rings. The van der Waals surface area contributed by atoms with Crippen LogP contribution in [0.4, 0.5) is 4.39 Å². The number of amides is 1. The van der Waals surface area contributed by atoms with Crippen LogP contribution in [0.5, 0.6) is 0 Å². The molecule has 0 radical (unpaired) electrons. The summed E-state index contributed by atoms with van der Waals surface area (Å²) in [5.41, 5.74) is 6.02. The van der Waals surface area contributed by atoms with Gasteiger partial charge < -0.3 is 11.1 Å². The number of halogens is 1. The minimum atomic E-state index is -0.627. The number of rotatable bonds is 5. The Morgan fingerprint density at radius 2 is 2.00 bits per heavy atom. The van der Waals surface area contributed by atoms with Crippen molar-refractivity contribution >= 4 is 23.1 Å². The number of thiocarbonyl (C=S) groups is 1. The van der Waals surface area contributed by atoms with Gasteiger partial charge in [-0.15, -0.1) is 0 Å². The van der Waals surface area contributed by atoms with Crippen molar-refractivity contribution in [1.29, 1.82) is 0 Å². The van der Waals surface area contributed by atoms with Crippen molar-refractivity contribution in [3.63, 3.8) is 0 Å². The van der Waals surface area contributed by atoms with Gasteiger partial charge in [0, 0.05) is 6.54 Å². The lowest BCUT2D eigenvalue weighted by Gasteiger charge is -2.39. The van der Waals surface area contributed by atoms with Crippen LogP contribution in [0.2, 0.25) is 0 Å². The molecule has 0 atom stereocenters. The highest BCUT2D eigenvalue weighted by Crippen LogP contribution is 2.41. The van der Waals surface area contributed by atoms with Crippen molar-refractivity contribution in [2.45, 2.75) is 25.7 Å². The van der Waals surface area contributed by atoms with Gasteiger partial charge >= 0.3 is 0 Å². The fraction of sp³-hybridized carbons (Fsp3) is 0.429. The third kappa shape index (κ3) is 2.92. The minimum Gasteiger partial charge on any atom is -0.392 e. The van der Waals surface area contributed by atoms with E-state index in [0.29, 0.717) is 13.0 Å². The van der Waals surface area contributed by atoms with E-state index in [1.807, 2.05) is 0 Å². The highest BCUT2D eigenvalue weighted by molar-refractivity contribution is 7.80. The summed E-state index contributed by atoms with van der Waals surface area (Å²) >= 11 is 4.99. The molecule has 0 bridgehead atoms. The van der Waals surface area contributed by atoms with Crippen molar-refractivity contribution in [2.75, 3.05) is 6.54 Å². The molecule has 0 unspecified atom stereocenters. The van der Waals surface area contributed by atoms with Gasteiger partial charge in [-0.25, -0.2) is 4.39 Å². The molecule has 102 valence electrons. The van der Waals surface area contributed by atoms with E-state index in [4.69, 9.17) is 18.0 Å². The summed E-state index contributed by atoms with van der Waals surface area (Å²) in [6, 6.07) is 6.27. The number of hydrogen-bond acceptors (Lipinski definition) is 2. The van der Waals surface area contributed by atoms with Crippen LogP contribution in [-0.2, 0) is 11.2 Å². The maximum absolute atomic E-state index is 12.7. The van der Waals surface area contributed by atoms with Crippen LogP contribution in [0.15, 0.2) is 24.3 Å². The van der Waals surface area contributed by atoms with Gasteiger partial charge in [-0.3, -0.25) is 4.79 Å². The summed E-state index contributed by atoms with van der Waals surface area (Å²) < 4.78 is 12.7. The molecule has 1 aromatic carbocycles. The largest absolute Gasteiger partial charge is 0.392 e. The van der Waals surface area contributed by atoms with Crippen molar-refractivity contribution in [3.05, 3.63) is 35.6 Å². The summed E-state index contributed by atoms with van der Waals surface area (Å²) in [6.45, 7) is 0.509. The Balaban J connectivity index is 1.84. The second-order valence-corrected chi connectivity index (χ2v) is 5.37. The molecule has 0 aromatic heterocycles. The molecule has 19 heavy (non-hydrogen) atoms. The maximum Gasteiger partial charge on any atom is 0.233 e. The topological polar surface area (TPSA) is 55.1 Å². The first-order chi connectivity index (χ1) is 9.04. The first-order valence-electron chi connectivity index (χ1n) is 6.37. The summed E-state index contributed by atoms with van der Waals surface area (Å²) in [6.07, 6.45) is 3.14. The summed E-state index contributed by atoms with van der Waals surface area (Å²) in [4.78, 5) is 12.4. The van der Waals surface area contributed by atoms with Gasteiger partial charge in [0.15, 0.2) is 0 Å². The molecule has 1 amide bonds. The van der Waals surface area contributed by atoms with Crippen molar-refractivity contribution < 1.29 is 9.18 Å². The molecule has 0 heterocycles. The first-order valence-corrected chi connectivity index (χ1v) is 6.78. The maximum atomic E-state index is 12.7. The predicted octanol–water partition coefficient (Wildman–Crippen LogP) is 1.94. The molecule has 1 saturated carbocycles. The van der Waals surface area contributed by atoms with Gasteiger partial charge in [-0.2, -0.15) is 0 Å². The molecule has 1 fully saturated rings. The molecular weight excluding hydrogens is 263 g/mol. The standard InChI is InChI=1S/C14H17FN2OS/c15-11-4-2-10(3-5-11)6-9-17-13(18)14(12(16)19)7-1-8-14/h2-5H,1,6-9H2,(H2,16,19)(H,17,18). The van der Waals surface area contributed by atoms with Gasteiger partial charge in [0.25, 0.3) is 0 Å². The lowest BCUT2D eigenvalue weighted by molar-refractivity contribution is -0.130. The Hall–Kier alpha value is -1.49. The zero-order valence-electron chi connectivity index (χ0n) is 10.6. The van der Waals surface area contributed by atoms with Crippen LogP contribution >= 0.6 is 12.2 Å². The van der Waals surface area contributed by atoms with Crippen LogP contribution in [0.1, 0.15) is 24.8 Å². The van der Waals surface area contributed by atoms with Crippen LogP contribution in [0, 0.1) is 11.2 Å². The summed E-state index contributed by atoms with van der Waals surface area (Å²) in [5, 5.41) is 2.87. The molecule has 3 N–H and O–H groups in total.